The Hall–Kier alpha value is -0.650. The van der Waals surface area contributed by atoms with Crippen LogP contribution in [0, 0.1) is 11.8 Å². The van der Waals surface area contributed by atoms with Crippen molar-refractivity contribution >= 4 is 5.91 Å². The molecule has 0 aromatic rings. The van der Waals surface area contributed by atoms with Gasteiger partial charge in [-0.05, 0) is 31.6 Å². The maximum Gasteiger partial charge on any atom is 0.224 e. The summed E-state index contributed by atoms with van der Waals surface area (Å²) in [7, 11) is 0. The van der Waals surface area contributed by atoms with Crippen molar-refractivity contribution in [1.82, 2.24) is 5.32 Å². The standard InChI is InChI=1S/C15H30N2O3/c1-12(2)9-13(10-16)15(18)17-6-4-7-19-11-14-5-3-8-20-14/h12-14H,3-11,16H2,1-2H3,(H,17,18). The lowest BCUT2D eigenvalue weighted by molar-refractivity contribution is -0.125. The Labute approximate surface area is 122 Å². The summed E-state index contributed by atoms with van der Waals surface area (Å²) in [6.45, 7) is 7.48. The van der Waals surface area contributed by atoms with Crippen LogP contribution in [0.15, 0.2) is 0 Å². The van der Waals surface area contributed by atoms with Gasteiger partial charge in [-0.3, -0.25) is 4.79 Å². The maximum atomic E-state index is 11.9. The first kappa shape index (κ1) is 17.4. The van der Waals surface area contributed by atoms with E-state index in [1.165, 1.54) is 0 Å². The average Bonchev–Trinajstić information content (AvgIpc) is 2.92. The lowest BCUT2D eigenvalue weighted by Gasteiger charge is -2.16. The number of amides is 1. The van der Waals surface area contributed by atoms with E-state index in [-0.39, 0.29) is 17.9 Å². The van der Waals surface area contributed by atoms with Gasteiger partial charge in [0.25, 0.3) is 0 Å². The van der Waals surface area contributed by atoms with Gasteiger partial charge < -0.3 is 20.5 Å². The molecule has 118 valence electrons. The van der Waals surface area contributed by atoms with Crippen LogP contribution in [0.3, 0.4) is 0 Å². The van der Waals surface area contributed by atoms with Crippen LogP contribution in [-0.2, 0) is 14.3 Å². The molecule has 0 aromatic carbocycles. The van der Waals surface area contributed by atoms with E-state index in [9.17, 15) is 4.79 Å². The van der Waals surface area contributed by atoms with Gasteiger partial charge in [-0.2, -0.15) is 0 Å². The summed E-state index contributed by atoms with van der Waals surface area (Å²) in [5.74, 6) is 0.493. The second kappa shape index (κ2) is 10.1. The van der Waals surface area contributed by atoms with E-state index in [1.54, 1.807) is 0 Å². The van der Waals surface area contributed by atoms with Gasteiger partial charge in [-0.25, -0.2) is 0 Å². The highest BCUT2D eigenvalue weighted by atomic mass is 16.5. The molecule has 1 saturated heterocycles. The normalized spacial score (nSPS) is 20.3. The fraction of sp³-hybridized carbons (Fsp3) is 0.933. The van der Waals surface area contributed by atoms with Crippen LogP contribution in [0.5, 0.6) is 0 Å². The van der Waals surface area contributed by atoms with Gasteiger partial charge >= 0.3 is 0 Å². The molecule has 0 spiro atoms. The van der Waals surface area contributed by atoms with Gasteiger partial charge in [0.05, 0.1) is 18.6 Å². The number of hydrogen-bond donors (Lipinski definition) is 2. The molecular formula is C15H30N2O3. The van der Waals surface area contributed by atoms with Crippen molar-refractivity contribution < 1.29 is 14.3 Å². The topological polar surface area (TPSA) is 73.6 Å². The number of nitrogens with two attached hydrogens (primary N) is 1. The Bertz CT molecular complexity index is 266. The van der Waals surface area contributed by atoms with Crippen molar-refractivity contribution in [3.8, 4) is 0 Å². The molecule has 1 aliphatic rings. The minimum atomic E-state index is -0.0668. The second-order valence-electron chi connectivity index (χ2n) is 5.92. The SMILES string of the molecule is CC(C)CC(CN)C(=O)NCCCOCC1CCCO1. The molecular weight excluding hydrogens is 256 g/mol. The van der Waals surface area contributed by atoms with Crippen LogP contribution in [0.25, 0.3) is 0 Å². The van der Waals surface area contributed by atoms with E-state index in [2.05, 4.69) is 19.2 Å². The molecule has 1 fully saturated rings. The molecule has 5 nitrogen and oxygen atoms in total. The van der Waals surface area contributed by atoms with E-state index in [4.69, 9.17) is 15.2 Å². The summed E-state index contributed by atoms with van der Waals surface area (Å²) >= 11 is 0. The quantitative estimate of drug-likeness (QED) is 0.594. The van der Waals surface area contributed by atoms with E-state index in [1.807, 2.05) is 0 Å². The number of rotatable bonds is 10. The highest BCUT2D eigenvalue weighted by Gasteiger charge is 2.17. The first-order valence-corrected chi connectivity index (χ1v) is 7.80. The van der Waals surface area contributed by atoms with Gasteiger partial charge in [0.15, 0.2) is 0 Å². The molecule has 2 atom stereocenters. The zero-order valence-electron chi connectivity index (χ0n) is 12.9. The fourth-order valence-electron chi connectivity index (χ4n) is 2.40. The predicted octanol–water partition coefficient (Wildman–Crippen LogP) is 1.31. The Morgan fingerprint density at radius 2 is 2.30 bits per heavy atom. The monoisotopic (exact) mass is 286 g/mol. The number of hydrogen-bond acceptors (Lipinski definition) is 4. The van der Waals surface area contributed by atoms with E-state index in [0.717, 1.165) is 32.3 Å². The molecule has 3 N–H and O–H groups in total. The molecule has 1 rings (SSSR count). The number of ether oxygens (including phenoxy) is 2. The van der Waals surface area contributed by atoms with Gasteiger partial charge in [-0.1, -0.05) is 13.8 Å². The van der Waals surface area contributed by atoms with Crippen LogP contribution in [-0.4, -0.2) is 44.9 Å². The Balaban J connectivity index is 2.00. The maximum absolute atomic E-state index is 11.9. The third kappa shape index (κ3) is 7.22. The minimum absolute atomic E-state index is 0.0668. The molecule has 0 aromatic heterocycles. The number of carbonyl (C=O) groups excluding carboxylic acids is 1. The molecule has 5 heteroatoms. The Kier molecular flexibility index (Phi) is 8.82. The van der Waals surface area contributed by atoms with Gasteiger partial charge in [-0.15, -0.1) is 0 Å². The van der Waals surface area contributed by atoms with Gasteiger partial charge in [0, 0.05) is 26.3 Å². The third-order valence-electron chi connectivity index (χ3n) is 3.50. The molecule has 2 unspecified atom stereocenters. The fourth-order valence-corrected chi connectivity index (χ4v) is 2.40. The lowest BCUT2D eigenvalue weighted by atomic mass is 9.96. The van der Waals surface area contributed by atoms with Crippen LogP contribution in [0.2, 0.25) is 0 Å². The van der Waals surface area contributed by atoms with Crippen LogP contribution < -0.4 is 11.1 Å². The molecule has 20 heavy (non-hydrogen) atoms. The molecule has 1 heterocycles. The summed E-state index contributed by atoms with van der Waals surface area (Å²) in [5, 5.41) is 2.94. The minimum Gasteiger partial charge on any atom is -0.379 e. The predicted molar refractivity (Wildman–Crippen MR) is 79.4 cm³/mol. The zero-order valence-corrected chi connectivity index (χ0v) is 12.9. The average molecular weight is 286 g/mol. The van der Waals surface area contributed by atoms with Gasteiger partial charge in [0.1, 0.15) is 0 Å². The van der Waals surface area contributed by atoms with Crippen molar-refractivity contribution in [2.45, 2.75) is 45.6 Å². The van der Waals surface area contributed by atoms with Crippen molar-refractivity contribution in [2.24, 2.45) is 17.6 Å². The number of nitrogens with one attached hydrogen (secondary N) is 1. The van der Waals surface area contributed by atoms with Crippen molar-refractivity contribution in [3.05, 3.63) is 0 Å². The summed E-state index contributed by atoms with van der Waals surface area (Å²) in [6.07, 6.45) is 4.19. The Morgan fingerprint density at radius 1 is 1.50 bits per heavy atom. The van der Waals surface area contributed by atoms with Crippen LogP contribution in [0.1, 0.15) is 39.5 Å². The van der Waals surface area contributed by atoms with Crippen molar-refractivity contribution in [3.63, 3.8) is 0 Å². The molecule has 1 aliphatic heterocycles. The van der Waals surface area contributed by atoms with Gasteiger partial charge in [0.2, 0.25) is 5.91 Å². The summed E-state index contributed by atoms with van der Waals surface area (Å²) in [6, 6.07) is 0. The highest BCUT2D eigenvalue weighted by Crippen LogP contribution is 2.12. The molecule has 0 saturated carbocycles. The molecule has 0 radical (unpaired) electrons. The van der Waals surface area contributed by atoms with Crippen molar-refractivity contribution in [1.29, 1.82) is 0 Å². The smallest absolute Gasteiger partial charge is 0.224 e. The molecule has 0 bridgehead atoms. The van der Waals surface area contributed by atoms with E-state index < -0.39 is 0 Å². The van der Waals surface area contributed by atoms with Crippen LogP contribution >= 0.6 is 0 Å². The summed E-state index contributed by atoms with van der Waals surface area (Å²) in [4.78, 5) is 11.9. The third-order valence-corrected chi connectivity index (χ3v) is 3.50. The molecule has 0 aliphatic carbocycles. The second-order valence-corrected chi connectivity index (χ2v) is 5.92. The first-order chi connectivity index (χ1) is 9.63. The Morgan fingerprint density at radius 3 is 2.90 bits per heavy atom. The first-order valence-electron chi connectivity index (χ1n) is 7.80. The van der Waals surface area contributed by atoms with E-state index >= 15 is 0 Å². The number of carbonyl (C=O) groups is 1. The van der Waals surface area contributed by atoms with Crippen LogP contribution in [0.4, 0.5) is 0 Å². The highest BCUT2D eigenvalue weighted by molar-refractivity contribution is 5.78. The molecule has 1 amide bonds. The van der Waals surface area contributed by atoms with E-state index in [0.29, 0.717) is 32.2 Å². The lowest BCUT2D eigenvalue weighted by Crippen LogP contribution is -2.36. The van der Waals surface area contributed by atoms with Crippen molar-refractivity contribution in [2.75, 3.05) is 32.9 Å². The summed E-state index contributed by atoms with van der Waals surface area (Å²) < 4.78 is 11.0. The largest absolute Gasteiger partial charge is 0.379 e. The zero-order chi connectivity index (χ0) is 14.8. The summed E-state index contributed by atoms with van der Waals surface area (Å²) in [5.41, 5.74) is 5.64.